The van der Waals surface area contributed by atoms with Gasteiger partial charge in [0.15, 0.2) is 0 Å². The van der Waals surface area contributed by atoms with Crippen molar-refractivity contribution >= 4 is 28.4 Å². The van der Waals surface area contributed by atoms with Crippen molar-refractivity contribution in [3.8, 4) is 45.3 Å². The molecule has 9 rings (SSSR count). The van der Waals surface area contributed by atoms with Crippen LogP contribution in [0.15, 0.2) is 73.1 Å². The lowest BCUT2D eigenvalue weighted by Crippen LogP contribution is -2.52. The van der Waals surface area contributed by atoms with Gasteiger partial charge in [-0.15, -0.1) is 0 Å². The van der Waals surface area contributed by atoms with E-state index in [4.69, 9.17) is 28.9 Å². The summed E-state index contributed by atoms with van der Waals surface area (Å²) < 4.78 is 25.0. The number of aromatic amines is 2. The summed E-state index contributed by atoms with van der Waals surface area (Å²) in [6, 6.07) is 19.0. The van der Waals surface area contributed by atoms with E-state index >= 15 is 0 Å². The second-order valence-corrected chi connectivity index (χ2v) is 18.8. The number of carbonyl (C=O) groups excluding carboxylic acids is 2. The monoisotopic (exact) mass is 944 g/mol. The number of likely N-dealkylation sites (tertiary alicyclic amines) is 2. The number of aliphatic hydroxyl groups excluding tert-OH is 2. The Labute approximate surface area is 401 Å². The van der Waals surface area contributed by atoms with Crippen molar-refractivity contribution in [2.45, 2.75) is 96.6 Å². The van der Waals surface area contributed by atoms with Crippen LogP contribution in [0.25, 0.3) is 44.7 Å². The van der Waals surface area contributed by atoms with E-state index in [1.165, 1.54) is 14.2 Å². The predicted octanol–water partition coefficient (Wildman–Crippen LogP) is 6.48. The van der Waals surface area contributed by atoms with Gasteiger partial charge in [0.25, 0.3) is 0 Å². The molecule has 2 amide bonds. The number of H-pyrrole nitrogens is 2. The number of amides is 2. The SMILES string of the molecule is CNc1cc(C2Oc3cc(-c4cnc(C5CCCN5C(=O)C(NC(O)OC)C(C)C)[nH]4)ccc3-c3cc4cc(-c5cnc(C6CCCN6C(=O)C(NC(O)OC)C(C)C)[nH]5)ccc4n32)ccc1OC. The van der Waals surface area contributed by atoms with Gasteiger partial charge in [0.2, 0.25) is 30.9 Å². The Kier molecular flexibility index (Phi) is 13.8. The lowest BCUT2D eigenvalue weighted by Gasteiger charge is -2.31. The summed E-state index contributed by atoms with van der Waals surface area (Å²) >= 11 is 0. The van der Waals surface area contributed by atoms with Gasteiger partial charge in [0, 0.05) is 62.0 Å². The van der Waals surface area contributed by atoms with Crippen molar-refractivity contribution in [1.29, 1.82) is 0 Å². The van der Waals surface area contributed by atoms with E-state index in [0.29, 0.717) is 36.2 Å². The number of aromatic nitrogens is 5. The molecule has 0 radical (unpaired) electrons. The maximum atomic E-state index is 13.9. The Morgan fingerprint density at radius 2 is 1.32 bits per heavy atom. The number of carbonyl (C=O) groups is 2. The molecule has 69 heavy (non-hydrogen) atoms. The molecule has 3 aromatic carbocycles. The molecule has 7 atom stereocenters. The van der Waals surface area contributed by atoms with E-state index in [1.54, 1.807) is 7.11 Å². The molecule has 2 saturated heterocycles. The Morgan fingerprint density at radius 1 is 0.754 bits per heavy atom. The summed E-state index contributed by atoms with van der Waals surface area (Å²) in [6.45, 7) is 8.94. The van der Waals surface area contributed by atoms with Crippen molar-refractivity contribution < 1.29 is 38.7 Å². The van der Waals surface area contributed by atoms with Crippen LogP contribution in [0.4, 0.5) is 5.69 Å². The predicted molar refractivity (Wildman–Crippen MR) is 261 cm³/mol. The number of hydrogen-bond donors (Lipinski definition) is 7. The molecular weight excluding hydrogens is 881 g/mol. The molecule has 18 heteroatoms. The fourth-order valence-electron chi connectivity index (χ4n) is 10.2. The maximum Gasteiger partial charge on any atom is 0.240 e. The van der Waals surface area contributed by atoms with Gasteiger partial charge in [0.05, 0.1) is 72.0 Å². The van der Waals surface area contributed by atoms with Gasteiger partial charge in [-0.25, -0.2) is 9.97 Å². The van der Waals surface area contributed by atoms with Crippen molar-refractivity contribution in [3.63, 3.8) is 0 Å². The number of benzene rings is 3. The lowest BCUT2D eigenvalue weighted by molar-refractivity contribution is -0.145. The third-order valence-corrected chi connectivity index (χ3v) is 13.8. The Bertz CT molecular complexity index is 2800. The molecule has 18 nitrogen and oxygen atoms in total. The number of nitrogens with zero attached hydrogens (tertiary/aromatic N) is 5. The second-order valence-electron chi connectivity index (χ2n) is 18.8. The number of hydrogen-bond acceptors (Lipinski definition) is 13. The number of methoxy groups -OCH3 is 3. The fourth-order valence-corrected chi connectivity index (χ4v) is 10.2. The van der Waals surface area contributed by atoms with Crippen LogP contribution in [-0.2, 0) is 19.1 Å². The molecule has 6 aromatic rings. The van der Waals surface area contributed by atoms with Crippen molar-refractivity contribution in [1.82, 2.24) is 44.9 Å². The topological polar surface area (TPSA) is 216 Å². The van der Waals surface area contributed by atoms with Gasteiger partial charge >= 0.3 is 0 Å². The maximum absolute atomic E-state index is 13.9. The summed E-state index contributed by atoms with van der Waals surface area (Å²) in [5, 5.41) is 30.4. The highest BCUT2D eigenvalue weighted by molar-refractivity contribution is 5.92. The summed E-state index contributed by atoms with van der Waals surface area (Å²) in [4.78, 5) is 48.2. The molecule has 0 aliphatic carbocycles. The molecule has 7 unspecified atom stereocenters. The minimum absolute atomic E-state index is 0.0760. The normalized spacial score (nSPS) is 19.7. The second kappa shape index (κ2) is 20.0. The molecule has 6 heterocycles. The van der Waals surface area contributed by atoms with Crippen molar-refractivity contribution in [2.24, 2.45) is 11.8 Å². The van der Waals surface area contributed by atoms with Gasteiger partial charge < -0.3 is 58.8 Å². The van der Waals surface area contributed by atoms with E-state index in [2.05, 4.69) is 72.9 Å². The summed E-state index contributed by atoms with van der Waals surface area (Å²) in [6.07, 6.45) is 3.79. The Balaban J connectivity index is 1.03. The first kappa shape index (κ1) is 47.8. The average molecular weight is 945 g/mol. The summed E-state index contributed by atoms with van der Waals surface area (Å²) in [7, 11) is 6.30. The van der Waals surface area contributed by atoms with Crippen molar-refractivity contribution in [3.05, 3.63) is 90.3 Å². The molecule has 0 bridgehead atoms. The number of anilines is 1. The van der Waals surface area contributed by atoms with Crippen LogP contribution in [0.1, 0.15) is 88.9 Å². The fraction of sp³-hybridized carbons (Fsp3) is 0.451. The van der Waals surface area contributed by atoms with Gasteiger partial charge in [-0.1, -0.05) is 39.8 Å². The van der Waals surface area contributed by atoms with E-state index in [1.807, 2.05) is 75.1 Å². The number of ether oxygens (including phenoxy) is 4. The molecule has 3 aromatic heterocycles. The molecule has 3 aliphatic heterocycles. The standard InChI is InChI=1S/C51H64N10O8/c1-27(2)43(57-50(64)67-7)47(62)59-19-9-11-38(59)45-53-25-35(55-45)29-14-17-37-32(21-29)23-40-33-16-13-30(24-42(33)69-49(61(37)40)31-15-18-41(66-6)34(22-31)52-5)36-26-54-46(56-36)39-12-10-20-60(39)48(63)44(28(3)4)58-51(65)68-8/h13-18,21-28,38-39,43-44,49-52,57-58,64-65H,9-12,19-20H2,1-8H3,(H,53,55)(H,54,56). The zero-order chi connectivity index (χ0) is 48.7. The highest BCUT2D eigenvalue weighted by atomic mass is 16.6. The highest BCUT2D eigenvalue weighted by Gasteiger charge is 2.39. The first-order valence-corrected chi connectivity index (χ1v) is 23.8. The molecular formula is C51H64N10O8. The summed E-state index contributed by atoms with van der Waals surface area (Å²) in [5.41, 5.74) is 8.09. The third kappa shape index (κ3) is 9.20. The van der Waals surface area contributed by atoms with Crippen LogP contribution in [0, 0.1) is 11.8 Å². The van der Waals surface area contributed by atoms with Crippen LogP contribution in [0.5, 0.6) is 11.5 Å². The molecule has 7 N–H and O–H groups in total. The van der Waals surface area contributed by atoms with E-state index < -0.39 is 31.1 Å². The van der Waals surface area contributed by atoms with Gasteiger partial charge in [-0.2, -0.15) is 0 Å². The summed E-state index contributed by atoms with van der Waals surface area (Å²) in [5.74, 6) is 2.47. The Hall–Kier alpha value is -6.28. The van der Waals surface area contributed by atoms with Gasteiger partial charge in [0.1, 0.15) is 23.1 Å². The molecule has 2 fully saturated rings. The number of aliphatic hydroxyl groups is 2. The number of imidazole rings is 2. The molecule has 366 valence electrons. The number of rotatable bonds is 17. The van der Waals surface area contributed by atoms with E-state index in [9.17, 15) is 19.8 Å². The van der Waals surface area contributed by atoms with E-state index in [-0.39, 0.29) is 35.7 Å². The molecule has 0 saturated carbocycles. The smallest absolute Gasteiger partial charge is 0.240 e. The zero-order valence-electron chi connectivity index (χ0n) is 40.4. The van der Waals surface area contributed by atoms with Gasteiger partial charge in [-0.3, -0.25) is 20.2 Å². The number of fused-ring (bicyclic) bond motifs is 5. The van der Waals surface area contributed by atoms with Crippen LogP contribution >= 0.6 is 0 Å². The largest absolute Gasteiger partial charge is 0.495 e. The average Bonchev–Trinajstić information content (AvgIpc) is 4.23. The van der Waals surface area contributed by atoms with E-state index in [0.717, 1.165) is 81.6 Å². The zero-order valence-corrected chi connectivity index (χ0v) is 40.4. The third-order valence-electron chi connectivity index (χ3n) is 13.8. The molecule has 3 aliphatic rings. The van der Waals surface area contributed by atoms with Gasteiger partial charge in [-0.05, 0) is 86.1 Å². The van der Waals surface area contributed by atoms with Crippen LogP contribution < -0.4 is 25.4 Å². The first-order valence-electron chi connectivity index (χ1n) is 23.8. The first-order chi connectivity index (χ1) is 33.3. The minimum Gasteiger partial charge on any atom is -0.495 e. The molecule has 0 spiro atoms. The van der Waals surface area contributed by atoms with Crippen LogP contribution in [0.2, 0.25) is 0 Å². The van der Waals surface area contributed by atoms with Crippen LogP contribution in [0.3, 0.4) is 0 Å². The number of nitrogens with one attached hydrogen (secondary N) is 5. The van der Waals surface area contributed by atoms with Crippen LogP contribution in [-0.4, -0.2) is 123 Å². The minimum atomic E-state index is -1.26. The Morgan fingerprint density at radius 3 is 1.86 bits per heavy atom. The highest BCUT2D eigenvalue weighted by Crippen LogP contribution is 2.47. The van der Waals surface area contributed by atoms with Crippen molar-refractivity contribution in [2.75, 3.05) is 46.8 Å². The quantitative estimate of drug-likeness (QED) is 0.0489. The lowest BCUT2D eigenvalue weighted by atomic mass is 10.0.